The zero-order valence-corrected chi connectivity index (χ0v) is 17.7. The fourth-order valence-corrected chi connectivity index (χ4v) is 5.46. The fraction of sp³-hybridized carbons (Fsp3) is 0.370. The van der Waals surface area contributed by atoms with Gasteiger partial charge in [0.05, 0.1) is 11.4 Å². The Morgan fingerprint density at radius 3 is 2.36 bits per heavy atom. The molecule has 3 aromatic carbocycles. The predicted octanol–water partition coefficient (Wildman–Crippen LogP) is 7.54. The van der Waals surface area contributed by atoms with Crippen molar-refractivity contribution in [3.05, 3.63) is 75.8 Å². The first-order chi connectivity index (χ1) is 13.3. The van der Waals surface area contributed by atoms with Gasteiger partial charge >= 0.3 is 0 Å². The molecule has 1 unspecified atom stereocenters. The Labute approximate surface area is 168 Å². The van der Waals surface area contributed by atoms with Gasteiger partial charge in [0.2, 0.25) is 0 Å². The predicted molar refractivity (Wildman–Crippen MR) is 120 cm³/mol. The summed E-state index contributed by atoms with van der Waals surface area (Å²) in [5, 5.41) is 2.79. The highest BCUT2D eigenvalue weighted by atomic mass is 14.8. The molecule has 142 valence electrons. The highest BCUT2D eigenvalue weighted by Crippen LogP contribution is 2.49. The molecule has 1 aliphatic carbocycles. The van der Waals surface area contributed by atoms with Gasteiger partial charge in [-0.25, -0.2) is 4.99 Å². The minimum absolute atomic E-state index is 0.462. The second-order valence-corrected chi connectivity index (χ2v) is 9.80. The first-order valence-electron chi connectivity index (χ1n) is 10.6. The van der Waals surface area contributed by atoms with Gasteiger partial charge < -0.3 is 0 Å². The second-order valence-electron chi connectivity index (χ2n) is 9.80. The van der Waals surface area contributed by atoms with Gasteiger partial charge in [-0.05, 0) is 80.0 Å². The Kier molecular flexibility index (Phi) is 3.81. The number of hydrogen-bond donors (Lipinski definition) is 0. The summed E-state index contributed by atoms with van der Waals surface area (Å²) in [6, 6.07) is 16.1. The number of rotatable bonds is 2. The van der Waals surface area contributed by atoms with Gasteiger partial charge in [-0.3, -0.25) is 0 Å². The van der Waals surface area contributed by atoms with Crippen molar-refractivity contribution in [3.8, 4) is 0 Å². The highest BCUT2D eigenvalue weighted by molar-refractivity contribution is 6.27. The summed E-state index contributed by atoms with van der Waals surface area (Å²) in [5.41, 5.74) is 10.7. The van der Waals surface area contributed by atoms with E-state index < -0.39 is 0 Å². The first-order valence-corrected chi connectivity index (χ1v) is 10.6. The SMILES string of the molecule is Cc1cc(C)cc(C2=Nc3c(C)ccc4c(C5CCC(C)(C)C5)ccc2c34)c1. The maximum Gasteiger partial charge on any atom is 0.0789 e. The van der Waals surface area contributed by atoms with Gasteiger partial charge in [0.25, 0.3) is 0 Å². The summed E-state index contributed by atoms with van der Waals surface area (Å²) in [5.74, 6) is 0.671. The molecule has 3 aromatic rings. The van der Waals surface area contributed by atoms with Crippen LogP contribution in [0.3, 0.4) is 0 Å². The number of benzene rings is 3. The van der Waals surface area contributed by atoms with Crippen LogP contribution in [0, 0.1) is 26.2 Å². The van der Waals surface area contributed by atoms with Crippen LogP contribution in [0.1, 0.15) is 72.4 Å². The summed E-state index contributed by atoms with van der Waals surface area (Å²) in [7, 11) is 0. The molecule has 1 heterocycles. The molecule has 1 nitrogen and oxygen atoms in total. The van der Waals surface area contributed by atoms with E-state index in [1.54, 1.807) is 0 Å². The van der Waals surface area contributed by atoms with E-state index in [0.29, 0.717) is 11.3 Å². The van der Waals surface area contributed by atoms with E-state index in [-0.39, 0.29) is 0 Å². The van der Waals surface area contributed by atoms with Crippen molar-refractivity contribution in [2.45, 2.75) is 59.8 Å². The molecule has 1 atom stereocenters. The van der Waals surface area contributed by atoms with Crippen molar-refractivity contribution < 1.29 is 0 Å². The third-order valence-electron chi connectivity index (χ3n) is 6.77. The van der Waals surface area contributed by atoms with E-state index in [1.807, 2.05) is 0 Å². The van der Waals surface area contributed by atoms with Gasteiger partial charge in [0.15, 0.2) is 0 Å². The quantitative estimate of drug-likeness (QED) is 0.347. The molecule has 0 saturated heterocycles. The molecule has 1 heteroatoms. The van der Waals surface area contributed by atoms with Crippen molar-refractivity contribution in [1.82, 2.24) is 0 Å². The maximum atomic E-state index is 5.16. The molecule has 5 rings (SSSR count). The number of nitrogens with zero attached hydrogens (tertiary/aromatic N) is 1. The molecular weight excluding hydrogens is 338 g/mol. The van der Waals surface area contributed by atoms with Crippen LogP contribution in [0.4, 0.5) is 5.69 Å². The molecule has 0 spiro atoms. The summed E-state index contributed by atoms with van der Waals surface area (Å²) in [6.45, 7) is 11.4. The summed E-state index contributed by atoms with van der Waals surface area (Å²) in [4.78, 5) is 5.16. The fourth-order valence-electron chi connectivity index (χ4n) is 5.46. The smallest absolute Gasteiger partial charge is 0.0789 e. The molecule has 0 bridgehead atoms. The Hall–Kier alpha value is -2.41. The molecule has 1 fully saturated rings. The van der Waals surface area contributed by atoms with E-state index >= 15 is 0 Å². The minimum atomic E-state index is 0.462. The standard InChI is InChI=1S/C27H29N/c1-16-12-17(2)14-20(13-16)26-23-9-8-21(19-10-11-27(4,5)15-19)22-7-6-18(3)25(28-26)24(22)23/h6-9,12-14,19H,10-11,15H2,1-5H3. The second kappa shape index (κ2) is 6.04. The monoisotopic (exact) mass is 367 g/mol. The molecule has 0 N–H and O–H groups in total. The summed E-state index contributed by atoms with van der Waals surface area (Å²) in [6.07, 6.45) is 3.91. The van der Waals surface area contributed by atoms with E-state index in [4.69, 9.17) is 4.99 Å². The maximum absolute atomic E-state index is 5.16. The molecule has 0 amide bonds. The van der Waals surface area contributed by atoms with Gasteiger partial charge in [0.1, 0.15) is 0 Å². The van der Waals surface area contributed by atoms with Crippen molar-refractivity contribution >= 4 is 22.2 Å². The molecule has 1 aliphatic heterocycles. The van der Waals surface area contributed by atoms with E-state index in [0.717, 1.165) is 5.71 Å². The van der Waals surface area contributed by atoms with Crippen molar-refractivity contribution in [2.24, 2.45) is 10.4 Å². The van der Waals surface area contributed by atoms with Crippen LogP contribution in [0.15, 0.2) is 47.5 Å². The van der Waals surface area contributed by atoms with Gasteiger partial charge in [-0.2, -0.15) is 0 Å². The van der Waals surface area contributed by atoms with Crippen LogP contribution in [0.5, 0.6) is 0 Å². The van der Waals surface area contributed by atoms with Crippen molar-refractivity contribution in [1.29, 1.82) is 0 Å². The lowest BCUT2D eigenvalue weighted by molar-refractivity contribution is 0.376. The average molecular weight is 368 g/mol. The molecule has 0 aromatic heterocycles. The Morgan fingerprint density at radius 1 is 0.929 bits per heavy atom. The van der Waals surface area contributed by atoms with Crippen LogP contribution >= 0.6 is 0 Å². The molecule has 2 aliphatic rings. The Morgan fingerprint density at radius 2 is 1.68 bits per heavy atom. The van der Waals surface area contributed by atoms with Crippen LogP contribution in [-0.2, 0) is 0 Å². The zero-order chi connectivity index (χ0) is 19.6. The molecule has 1 saturated carbocycles. The van der Waals surface area contributed by atoms with Crippen LogP contribution in [0.25, 0.3) is 10.8 Å². The lowest BCUT2D eigenvalue weighted by Gasteiger charge is -2.19. The van der Waals surface area contributed by atoms with Gasteiger partial charge in [-0.1, -0.05) is 55.3 Å². The van der Waals surface area contributed by atoms with Gasteiger partial charge in [-0.15, -0.1) is 0 Å². The number of aryl methyl sites for hydroxylation is 3. The average Bonchev–Trinajstić information content (AvgIpc) is 3.19. The van der Waals surface area contributed by atoms with Crippen LogP contribution in [0.2, 0.25) is 0 Å². The van der Waals surface area contributed by atoms with Crippen molar-refractivity contribution in [3.63, 3.8) is 0 Å². The number of aliphatic imine (C=N–C) groups is 1. The lowest BCUT2D eigenvalue weighted by atomic mass is 9.85. The summed E-state index contributed by atoms with van der Waals surface area (Å²) >= 11 is 0. The molecular formula is C27H29N. The highest BCUT2D eigenvalue weighted by Gasteiger charge is 2.33. The third kappa shape index (κ3) is 2.71. The molecule has 0 radical (unpaired) electrons. The van der Waals surface area contributed by atoms with Crippen LogP contribution in [-0.4, -0.2) is 5.71 Å². The minimum Gasteiger partial charge on any atom is -0.247 e. The topological polar surface area (TPSA) is 12.4 Å². The van der Waals surface area contributed by atoms with E-state index in [2.05, 4.69) is 77.1 Å². The Balaban J connectivity index is 1.70. The third-order valence-corrected chi connectivity index (χ3v) is 6.77. The summed E-state index contributed by atoms with van der Waals surface area (Å²) < 4.78 is 0. The number of hydrogen-bond acceptors (Lipinski definition) is 1. The van der Waals surface area contributed by atoms with Gasteiger partial charge in [0, 0.05) is 16.5 Å². The van der Waals surface area contributed by atoms with E-state index in [9.17, 15) is 0 Å². The Bertz CT molecular complexity index is 1130. The van der Waals surface area contributed by atoms with Crippen LogP contribution < -0.4 is 0 Å². The first kappa shape index (κ1) is 17.7. The zero-order valence-electron chi connectivity index (χ0n) is 17.7. The lowest BCUT2D eigenvalue weighted by Crippen LogP contribution is -2.05. The largest absolute Gasteiger partial charge is 0.247 e. The van der Waals surface area contributed by atoms with E-state index in [1.165, 1.54) is 69.1 Å². The molecule has 28 heavy (non-hydrogen) atoms. The normalized spacial score (nSPS) is 20.0. The van der Waals surface area contributed by atoms with Crippen molar-refractivity contribution in [2.75, 3.05) is 0 Å².